The molecule has 50 heavy (non-hydrogen) atoms. The summed E-state index contributed by atoms with van der Waals surface area (Å²) in [6, 6.07) is 21.4. The maximum atomic E-state index is 12.1. The largest absolute Gasteiger partial charge is 1.00 e. The van der Waals surface area contributed by atoms with E-state index in [9.17, 15) is 36.6 Å². The summed E-state index contributed by atoms with van der Waals surface area (Å²) in [6.45, 7) is 0. The summed E-state index contributed by atoms with van der Waals surface area (Å²) in [7, 11) is -7.84. The van der Waals surface area contributed by atoms with Gasteiger partial charge in [-0.3, -0.25) is 20.4 Å². The topological polar surface area (TPSA) is 244 Å². The van der Waals surface area contributed by atoms with Gasteiger partial charge in [-0.1, -0.05) is 60.7 Å². The number of benzene rings is 4. The van der Waals surface area contributed by atoms with E-state index in [1.54, 1.807) is 36.4 Å². The van der Waals surface area contributed by atoms with Gasteiger partial charge in [0.25, 0.3) is 0 Å². The van der Waals surface area contributed by atoms with Crippen LogP contribution in [0.2, 0.25) is 0 Å². The second-order valence-corrected chi connectivity index (χ2v) is 13.3. The Morgan fingerprint density at radius 3 is 1.28 bits per heavy atom. The van der Waals surface area contributed by atoms with Crippen molar-refractivity contribution in [2.75, 3.05) is 10.9 Å². The molecule has 4 aromatic rings. The SMILES string of the molecule is NS(=O)(=O)c1ccc(O)c(N/N=C2\C(=O)C=Cc3ccccc32)c1.NS(=O)(=O)c1ccc(O)c(N/N=C2\C(=O)C=Cc3ccccc32)c1.[Cr].[Li+]. The van der Waals surface area contributed by atoms with Crippen LogP contribution in [0.1, 0.15) is 22.3 Å². The van der Waals surface area contributed by atoms with Crippen molar-refractivity contribution in [1.29, 1.82) is 0 Å². The third-order valence-electron chi connectivity index (χ3n) is 6.90. The van der Waals surface area contributed by atoms with E-state index < -0.39 is 20.0 Å². The molecule has 0 fully saturated rings. The molecule has 0 aliphatic heterocycles. The number of phenolic OH excluding ortho intramolecular Hbond substituents is 2. The first-order chi connectivity index (χ1) is 22.7. The minimum atomic E-state index is -3.92. The Balaban J connectivity index is 0.000000260. The molecule has 0 heterocycles. The molecule has 2 aliphatic rings. The Bertz CT molecular complexity index is 2170. The molecule has 14 nitrogen and oxygen atoms in total. The van der Waals surface area contributed by atoms with Gasteiger partial charge in [0.05, 0.1) is 21.2 Å². The zero-order chi connectivity index (χ0) is 34.6. The van der Waals surface area contributed by atoms with E-state index in [2.05, 4.69) is 21.1 Å². The number of primary sulfonamides is 2. The van der Waals surface area contributed by atoms with Crippen LogP contribution in [0, 0.1) is 0 Å². The van der Waals surface area contributed by atoms with Crippen LogP contribution in [-0.4, -0.2) is 50.0 Å². The number of nitrogens with one attached hydrogen (secondary N) is 2. The summed E-state index contributed by atoms with van der Waals surface area (Å²) in [4.78, 5) is 23.7. The van der Waals surface area contributed by atoms with E-state index >= 15 is 0 Å². The minimum Gasteiger partial charge on any atom is -0.506 e. The number of hydrogen-bond donors (Lipinski definition) is 6. The van der Waals surface area contributed by atoms with E-state index in [1.165, 1.54) is 36.4 Å². The fraction of sp³-hybridized carbons (Fsp3) is 0. The molecule has 0 atom stereocenters. The van der Waals surface area contributed by atoms with Crippen molar-refractivity contribution in [3.63, 3.8) is 0 Å². The Kier molecular flexibility index (Phi) is 12.9. The van der Waals surface area contributed by atoms with Crippen molar-refractivity contribution >= 4 is 66.6 Å². The number of carbonyl (C=O) groups excluding carboxylic acids is 2. The number of aromatic hydroxyl groups is 2. The number of rotatable bonds is 6. The van der Waals surface area contributed by atoms with E-state index in [-0.39, 0.29) is 91.9 Å². The van der Waals surface area contributed by atoms with E-state index in [1.807, 2.05) is 24.3 Å². The van der Waals surface area contributed by atoms with Crippen LogP contribution in [0.4, 0.5) is 11.4 Å². The fourth-order valence-electron chi connectivity index (χ4n) is 4.50. The molecule has 0 bridgehead atoms. The standard InChI is InChI=1S/2C16H13N3O4S.Cr.Li/c2*17-24(22,23)11-6-8-14(20)13(9-11)18-19-16-12-4-2-1-3-10(12)5-7-15(16)21;;/h2*1-9,18,20H,(H2,17,22,23);;/q;;;+1/b2*19-16-;;. The van der Waals surface area contributed by atoms with Gasteiger partial charge in [-0.15, -0.1) is 0 Å². The molecule has 0 unspecified atom stereocenters. The number of carbonyl (C=O) groups is 2. The number of hydrazone groups is 2. The van der Waals surface area contributed by atoms with Crippen molar-refractivity contribution in [3.8, 4) is 11.5 Å². The van der Waals surface area contributed by atoms with Gasteiger partial charge in [0.15, 0.2) is 0 Å². The van der Waals surface area contributed by atoms with Gasteiger partial charge in [0.2, 0.25) is 31.6 Å². The van der Waals surface area contributed by atoms with Crippen molar-refractivity contribution in [1.82, 2.24) is 0 Å². The number of nitrogens with zero attached hydrogens (tertiary/aromatic N) is 2. The molecule has 0 spiro atoms. The van der Waals surface area contributed by atoms with Crippen LogP contribution in [0.25, 0.3) is 12.2 Å². The molecule has 0 saturated carbocycles. The van der Waals surface area contributed by atoms with Gasteiger partial charge in [-0.05, 0) is 59.7 Å². The monoisotopic (exact) mass is 745 g/mol. The van der Waals surface area contributed by atoms with Crippen LogP contribution < -0.4 is 40.0 Å². The molecule has 4 aromatic carbocycles. The van der Waals surface area contributed by atoms with Gasteiger partial charge >= 0.3 is 18.9 Å². The van der Waals surface area contributed by atoms with Gasteiger partial charge in [-0.2, -0.15) is 10.2 Å². The molecule has 0 aromatic heterocycles. The number of phenols is 2. The Morgan fingerprint density at radius 2 is 0.920 bits per heavy atom. The smallest absolute Gasteiger partial charge is 0.506 e. The molecular weight excluding hydrogens is 719 g/mol. The fourth-order valence-corrected chi connectivity index (χ4v) is 5.58. The van der Waals surface area contributed by atoms with Gasteiger partial charge in [0.1, 0.15) is 22.9 Å². The Labute approximate surface area is 309 Å². The summed E-state index contributed by atoms with van der Waals surface area (Å²) >= 11 is 0. The second-order valence-electron chi connectivity index (χ2n) is 10.2. The molecular formula is C32H26CrLiN6O8S2+. The number of allylic oxidation sites excluding steroid dienone is 2. The summed E-state index contributed by atoms with van der Waals surface area (Å²) in [5.41, 5.74) is 8.37. The van der Waals surface area contributed by atoms with Crippen molar-refractivity contribution in [3.05, 3.63) is 119 Å². The average Bonchev–Trinajstić information content (AvgIpc) is 3.04. The van der Waals surface area contributed by atoms with Crippen LogP contribution in [0.5, 0.6) is 11.5 Å². The van der Waals surface area contributed by atoms with Crippen molar-refractivity contribution < 1.29 is 72.9 Å². The molecule has 0 radical (unpaired) electrons. The van der Waals surface area contributed by atoms with Crippen molar-refractivity contribution in [2.24, 2.45) is 20.5 Å². The second kappa shape index (κ2) is 16.3. The molecule has 250 valence electrons. The quantitative estimate of drug-likeness (QED) is 0.0870. The molecule has 0 saturated heterocycles. The van der Waals surface area contributed by atoms with Gasteiger partial charge < -0.3 is 10.2 Å². The summed E-state index contributed by atoms with van der Waals surface area (Å²) < 4.78 is 45.5. The number of nitrogens with two attached hydrogens (primary N) is 2. The van der Waals surface area contributed by atoms with Gasteiger partial charge in [-0.25, -0.2) is 27.1 Å². The zero-order valence-corrected chi connectivity index (χ0v) is 28.9. The van der Waals surface area contributed by atoms with Crippen molar-refractivity contribution in [2.45, 2.75) is 9.79 Å². The number of sulfonamides is 2. The van der Waals surface area contributed by atoms with Gasteiger partial charge in [0, 0.05) is 28.5 Å². The maximum Gasteiger partial charge on any atom is 1.00 e. The predicted octanol–water partition coefficient (Wildman–Crippen LogP) is -0.0951. The zero-order valence-electron chi connectivity index (χ0n) is 26.0. The Hall–Kier alpha value is -4.81. The van der Waals surface area contributed by atoms with E-state index in [0.29, 0.717) is 11.1 Å². The molecule has 2 aliphatic carbocycles. The molecule has 6 rings (SSSR count). The summed E-state index contributed by atoms with van der Waals surface area (Å²) in [6.07, 6.45) is 6.17. The Morgan fingerprint density at radius 1 is 0.560 bits per heavy atom. The van der Waals surface area contributed by atoms with E-state index in [0.717, 1.165) is 23.3 Å². The van der Waals surface area contributed by atoms with Crippen LogP contribution >= 0.6 is 0 Å². The molecule has 8 N–H and O–H groups in total. The van der Waals surface area contributed by atoms with Crippen LogP contribution in [0.15, 0.2) is 117 Å². The third-order valence-corrected chi connectivity index (χ3v) is 8.72. The van der Waals surface area contributed by atoms with Crippen LogP contribution in [0.3, 0.4) is 0 Å². The third kappa shape index (κ3) is 9.24. The molecule has 18 heteroatoms. The first-order valence-corrected chi connectivity index (χ1v) is 16.8. The first-order valence-electron chi connectivity index (χ1n) is 13.7. The first kappa shape index (κ1) is 39.6. The number of anilines is 2. The normalized spacial score (nSPS) is 14.8. The number of ketones is 2. The van der Waals surface area contributed by atoms with E-state index in [4.69, 9.17) is 10.3 Å². The minimum absolute atomic E-state index is 0. The number of hydrogen-bond acceptors (Lipinski definition) is 12. The number of fused-ring (bicyclic) bond motifs is 2. The summed E-state index contributed by atoms with van der Waals surface area (Å²) in [5.74, 6) is -1.05. The molecule has 0 amide bonds. The van der Waals surface area contributed by atoms with Crippen LogP contribution in [-0.2, 0) is 47.0 Å². The summed E-state index contributed by atoms with van der Waals surface area (Å²) in [5, 5.41) is 37.8. The predicted molar refractivity (Wildman–Crippen MR) is 180 cm³/mol. The average molecular weight is 746 g/mol. The maximum absolute atomic E-state index is 12.1.